The zero-order valence-electron chi connectivity index (χ0n) is 15.5. The van der Waals surface area contributed by atoms with Crippen LogP contribution in [0.4, 0.5) is 4.39 Å². The van der Waals surface area contributed by atoms with Gasteiger partial charge >= 0.3 is 0 Å². The molecule has 1 N–H and O–H groups in total. The minimum absolute atomic E-state index is 0.207. The van der Waals surface area contributed by atoms with Crippen LogP contribution < -0.4 is 5.32 Å². The van der Waals surface area contributed by atoms with E-state index in [-0.39, 0.29) is 21.8 Å². The SMILES string of the molecule is O=C(NCc1ccccc1)c1nnc(/C(Cl)=C/c2ccc(-c3ccccc3F)o2)s1. The smallest absolute Gasteiger partial charge is 0.282 e. The third kappa shape index (κ3) is 4.64. The van der Waals surface area contributed by atoms with Crippen molar-refractivity contribution in [3.8, 4) is 11.3 Å². The number of rotatable bonds is 6. The van der Waals surface area contributed by atoms with E-state index in [4.69, 9.17) is 16.0 Å². The molecule has 8 heteroatoms. The van der Waals surface area contributed by atoms with Crippen molar-refractivity contribution in [1.82, 2.24) is 15.5 Å². The summed E-state index contributed by atoms with van der Waals surface area (Å²) in [6.07, 6.45) is 1.55. The van der Waals surface area contributed by atoms with Gasteiger partial charge in [0, 0.05) is 12.6 Å². The monoisotopic (exact) mass is 439 g/mol. The van der Waals surface area contributed by atoms with E-state index in [9.17, 15) is 9.18 Å². The molecule has 150 valence electrons. The van der Waals surface area contributed by atoms with Gasteiger partial charge in [0.2, 0.25) is 5.01 Å². The maximum absolute atomic E-state index is 13.9. The van der Waals surface area contributed by atoms with Gasteiger partial charge in [-0.15, -0.1) is 10.2 Å². The normalized spacial score (nSPS) is 11.5. The Hall–Kier alpha value is -3.29. The average molecular weight is 440 g/mol. The summed E-state index contributed by atoms with van der Waals surface area (Å²) in [7, 11) is 0. The van der Waals surface area contributed by atoms with E-state index in [1.54, 1.807) is 36.4 Å². The zero-order chi connectivity index (χ0) is 20.9. The van der Waals surface area contributed by atoms with Crippen molar-refractivity contribution < 1.29 is 13.6 Å². The quantitative estimate of drug-likeness (QED) is 0.424. The second-order valence-electron chi connectivity index (χ2n) is 6.25. The molecule has 0 unspecified atom stereocenters. The van der Waals surface area contributed by atoms with Gasteiger partial charge in [-0.2, -0.15) is 0 Å². The maximum Gasteiger partial charge on any atom is 0.282 e. The first-order chi connectivity index (χ1) is 14.6. The highest BCUT2D eigenvalue weighted by Crippen LogP contribution is 2.29. The van der Waals surface area contributed by atoms with Crippen molar-refractivity contribution in [1.29, 1.82) is 0 Å². The minimum atomic E-state index is -0.372. The highest BCUT2D eigenvalue weighted by atomic mass is 35.5. The van der Waals surface area contributed by atoms with Gasteiger partial charge in [-0.05, 0) is 29.8 Å². The third-order valence-corrected chi connectivity index (χ3v) is 5.51. The van der Waals surface area contributed by atoms with Crippen molar-refractivity contribution in [2.75, 3.05) is 0 Å². The molecular weight excluding hydrogens is 425 g/mol. The molecule has 1 amide bonds. The Morgan fingerprint density at radius 1 is 1.03 bits per heavy atom. The van der Waals surface area contributed by atoms with Gasteiger partial charge in [-0.25, -0.2) is 4.39 Å². The van der Waals surface area contributed by atoms with Crippen LogP contribution in [0, 0.1) is 5.82 Å². The van der Waals surface area contributed by atoms with Crippen LogP contribution in [0.3, 0.4) is 0 Å². The number of hydrogen-bond donors (Lipinski definition) is 1. The molecule has 5 nitrogen and oxygen atoms in total. The number of carbonyl (C=O) groups excluding carboxylic acids is 1. The fraction of sp³-hybridized carbons (Fsp3) is 0.0455. The summed E-state index contributed by atoms with van der Waals surface area (Å²) in [6, 6.07) is 19.2. The lowest BCUT2D eigenvalue weighted by Gasteiger charge is -2.01. The van der Waals surface area contributed by atoms with Crippen molar-refractivity contribution in [3.63, 3.8) is 0 Å². The van der Waals surface area contributed by atoms with E-state index in [0.29, 0.717) is 28.6 Å². The Bertz CT molecular complexity index is 1200. The second kappa shape index (κ2) is 9.02. The summed E-state index contributed by atoms with van der Waals surface area (Å²) >= 11 is 7.39. The van der Waals surface area contributed by atoms with E-state index < -0.39 is 0 Å². The van der Waals surface area contributed by atoms with Gasteiger partial charge in [0.15, 0.2) is 5.01 Å². The van der Waals surface area contributed by atoms with Crippen LogP contribution in [0.1, 0.15) is 26.1 Å². The molecule has 2 aromatic heterocycles. The molecule has 0 atom stereocenters. The first-order valence-corrected chi connectivity index (χ1v) is 10.2. The number of aromatic nitrogens is 2. The van der Waals surface area contributed by atoms with Crippen molar-refractivity contribution >= 4 is 40.0 Å². The molecule has 0 aliphatic carbocycles. The van der Waals surface area contributed by atoms with Crippen LogP contribution in [0.5, 0.6) is 0 Å². The van der Waals surface area contributed by atoms with Crippen LogP contribution in [-0.2, 0) is 6.54 Å². The first kappa shape index (κ1) is 20.0. The molecule has 0 aliphatic heterocycles. The summed E-state index contributed by atoms with van der Waals surface area (Å²) in [4.78, 5) is 12.3. The van der Waals surface area contributed by atoms with Crippen LogP contribution in [-0.4, -0.2) is 16.1 Å². The van der Waals surface area contributed by atoms with E-state index in [1.165, 1.54) is 6.07 Å². The molecule has 0 saturated carbocycles. The molecule has 4 aromatic rings. The molecule has 2 heterocycles. The van der Waals surface area contributed by atoms with Gasteiger partial charge in [0.1, 0.15) is 17.3 Å². The van der Waals surface area contributed by atoms with Gasteiger partial charge < -0.3 is 9.73 Å². The summed E-state index contributed by atoms with van der Waals surface area (Å²) in [5.41, 5.74) is 1.35. The number of hydrogen-bond acceptors (Lipinski definition) is 5. The van der Waals surface area contributed by atoms with Crippen molar-refractivity contribution in [3.05, 3.63) is 93.9 Å². The molecule has 30 heavy (non-hydrogen) atoms. The number of carbonyl (C=O) groups is 1. The number of nitrogens with one attached hydrogen (secondary N) is 1. The van der Waals surface area contributed by atoms with E-state index in [1.807, 2.05) is 30.3 Å². The fourth-order valence-electron chi connectivity index (χ4n) is 2.69. The summed E-state index contributed by atoms with van der Waals surface area (Å²) in [5.74, 6) is 0.126. The Morgan fingerprint density at radius 3 is 2.57 bits per heavy atom. The topological polar surface area (TPSA) is 68.0 Å². The summed E-state index contributed by atoms with van der Waals surface area (Å²) in [5, 5.41) is 11.5. The molecule has 0 fully saturated rings. The van der Waals surface area contributed by atoms with Gasteiger partial charge in [-0.1, -0.05) is 65.4 Å². The number of amides is 1. The summed E-state index contributed by atoms with van der Waals surface area (Å²) in [6.45, 7) is 0.392. The van der Waals surface area contributed by atoms with Crippen molar-refractivity contribution in [2.24, 2.45) is 0 Å². The standard InChI is InChI=1S/C22H15ClFN3O2S/c23-17(12-15-10-11-19(29-15)16-8-4-5-9-18(16)24)21-26-27-22(30-21)20(28)25-13-14-6-2-1-3-7-14/h1-12H,13H2,(H,25,28)/b17-12-. The minimum Gasteiger partial charge on any atom is -0.457 e. The molecule has 0 radical (unpaired) electrons. The molecule has 0 spiro atoms. The van der Waals surface area contributed by atoms with Gasteiger partial charge in [-0.3, -0.25) is 4.79 Å². The van der Waals surface area contributed by atoms with Crippen LogP contribution >= 0.6 is 22.9 Å². The molecule has 0 bridgehead atoms. The van der Waals surface area contributed by atoms with Crippen molar-refractivity contribution in [2.45, 2.75) is 6.54 Å². The van der Waals surface area contributed by atoms with E-state index in [0.717, 1.165) is 16.9 Å². The lowest BCUT2D eigenvalue weighted by molar-refractivity contribution is 0.0950. The molecule has 0 aliphatic rings. The van der Waals surface area contributed by atoms with Crippen LogP contribution in [0.2, 0.25) is 0 Å². The zero-order valence-corrected chi connectivity index (χ0v) is 17.1. The second-order valence-corrected chi connectivity index (χ2v) is 7.64. The van der Waals surface area contributed by atoms with E-state index >= 15 is 0 Å². The summed E-state index contributed by atoms with van der Waals surface area (Å²) < 4.78 is 19.6. The number of halogens is 2. The lowest BCUT2D eigenvalue weighted by atomic mass is 10.1. The highest BCUT2D eigenvalue weighted by Gasteiger charge is 2.15. The average Bonchev–Trinajstić information content (AvgIpc) is 3.43. The Morgan fingerprint density at radius 2 is 1.77 bits per heavy atom. The predicted molar refractivity (Wildman–Crippen MR) is 115 cm³/mol. The fourth-order valence-corrected chi connectivity index (χ4v) is 3.62. The maximum atomic E-state index is 13.9. The Labute approximate surface area is 180 Å². The third-order valence-electron chi connectivity index (χ3n) is 4.15. The molecular formula is C22H15ClFN3O2S. The van der Waals surface area contributed by atoms with Crippen LogP contribution in [0.15, 0.2) is 71.1 Å². The van der Waals surface area contributed by atoms with Crippen LogP contribution in [0.25, 0.3) is 22.4 Å². The predicted octanol–water partition coefficient (Wildman–Crippen LogP) is 5.60. The number of furan rings is 1. The Balaban J connectivity index is 1.45. The Kier molecular flexibility index (Phi) is 6.02. The largest absolute Gasteiger partial charge is 0.457 e. The number of nitrogens with zero attached hydrogens (tertiary/aromatic N) is 2. The van der Waals surface area contributed by atoms with E-state index in [2.05, 4.69) is 15.5 Å². The van der Waals surface area contributed by atoms with Gasteiger partial charge in [0.25, 0.3) is 5.91 Å². The molecule has 4 rings (SSSR count). The van der Waals surface area contributed by atoms with Gasteiger partial charge in [0.05, 0.1) is 10.6 Å². The highest BCUT2D eigenvalue weighted by molar-refractivity contribution is 7.15. The molecule has 2 aromatic carbocycles. The lowest BCUT2D eigenvalue weighted by Crippen LogP contribution is -2.22. The number of benzene rings is 2. The molecule has 0 saturated heterocycles. The first-order valence-electron chi connectivity index (χ1n) is 8.98.